The zero-order chi connectivity index (χ0) is 35.4. The Morgan fingerprint density at radius 1 is 0.604 bits per heavy atom. The van der Waals surface area contributed by atoms with Crippen LogP contribution in [-0.4, -0.2) is 89.7 Å². The van der Waals surface area contributed by atoms with E-state index in [1.165, 1.54) is 0 Å². The number of unbranched alkanes of at least 4 members (excludes halogenated alkanes) is 1. The summed E-state index contributed by atoms with van der Waals surface area (Å²) in [5, 5.41) is 5.65. The molecule has 0 atom stereocenters. The Hall–Kier alpha value is -4.14. The number of nitrogens with zero attached hydrogens (tertiary/aromatic N) is 2. The molecule has 2 aromatic carbocycles. The molecule has 20 heteroatoms. The maximum absolute atomic E-state index is 12.2. The van der Waals surface area contributed by atoms with Crippen molar-refractivity contribution in [2.45, 2.75) is 24.3 Å². The highest BCUT2D eigenvalue weighted by atomic mass is 32.2. The molecule has 48 heavy (non-hydrogen) atoms. The van der Waals surface area contributed by atoms with E-state index in [-0.39, 0.29) is 26.1 Å². The average Bonchev–Trinajstić information content (AvgIpc) is 3.06. The van der Waals surface area contributed by atoms with Gasteiger partial charge in [-0.1, -0.05) is 94.5 Å². The van der Waals surface area contributed by atoms with Crippen LogP contribution >= 0.6 is 23.5 Å². The third-order valence-corrected chi connectivity index (χ3v) is 9.04. The quantitative estimate of drug-likeness (QED) is 0.0567. The predicted octanol–water partition coefficient (Wildman–Crippen LogP) is 2.39. The molecular formula is C28H32N2O14S4. The maximum atomic E-state index is 12.2. The molecule has 0 aromatic heterocycles. The van der Waals surface area contributed by atoms with Gasteiger partial charge in [0, 0.05) is 0 Å². The monoisotopic (exact) mass is 748 g/mol. The van der Waals surface area contributed by atoms with Crippen molar-refractivity contribution >= 4 is 77.7 Å². The molecule has 0 saturated heterocycles. The summed E-state index contributed by atoms with van der Waals surface area (Å²) < 4.78 is 77.0. The van der Waals surface area contributed by atoms with E-state index in [1.807, 2.05) is 0 Å². The molecule has 0 N–H and O–H groups in total. The van der Waals surface area contributed by atoms with Gasteiger partial charge in [-0.3, -0.25) is 18.2 Å². The summed E-state index contributed by atoms with van der Waals surface area (Å²) in [6, 6.07) is 16.3. The molecule has 0 aliphatic carbocycles. The minimum atomic E-state index is -4.19. The van der Waals surface area contributed by atoms with Crippen molar-refractivity contribution in [1.82, 2.24) is 0 Å². The van der Waals surface area contributed by atoms with Gasteiger partial charge in [-0.2, -0.15) is 16.8 Å². The van der Waals surface area contributed by atoms with E-state index >= 15 is 0 Å². The van der Waals surface area contributed by atoms with Crippen LogP contribution in [0.25, 0.3) is 0 Å². The van der Waals surface area contributed by atoms with Crippen molar-refractivity contribution in [2.24, 2.45) is 10.3 Å². The first-order valence-corrected chi connectivity index (χ1v) is 18.8. The minimum Gasteiger partial charge on any atom is -0.465 e. The van der Waals surface area contributed by atoms with Crippen molar-refractivity contribution in [1.29, 1.82) is 0 Å². The number of hydrogen-bond acceptors (Lipinski definition) is 18. The van der Waals surface area contributed by atoms with Crippen LogP contribution in [0.4, 0.5) is 0 Å². The number of rotatable bonds is 17. The van der Waals surface area contributed by atoms with E-state index < -0.39 is 77.2 Å². The standard InChI is InChI=1S/C28H32N2O14S4/c1-39-27(33)25(29-43-47(35,36)19-21-11-5-3-6-12-21)45-17-23(31)41-15-9-10-16-42-24(32)18-46-26(28(34)40-2)30-44-48(37,38)20-22-13-7-4-8-14-22/h3-8,11-14H,9-10,15-20H2,1-2H3. The fourth-order valence-corrected chi connectivity index (χ4v) is 6.16. The summed E-state index contributed by atoms with van der Waals surface area (Å²) in [4.78, 5) is 48.1. The van der Waals surface area contributed by atoms with E-state index in [2.05, 4.69) is 28.4 Å². The van der Waals surface area contributed by atoms with Crippen LogP contribution in [0, 0.1) is 0 Å². The third kappa shape index (κ3) is 16.6. The summed E-state index contributed by atoms with van der Waals surface area (Å²) in [5.41, 5.74) is 0.879. The molecule has 262 valence electrons. The van der Waals surface area contributed by atoms with Crippen molar-refractivity contribution < 1.29 is 63.5 Å². The lowest BCUT2D eigenvalue weighted by atomic mass is 10.2. The van der Waals surface area contributed by atoms with Crippen LogP contribution in [0.15, 0.2) is 71.0 Å². The first-order chi connectivity index (χ1) is 22.8. The molecule has 16 nitrogen and oxygen atoms in total. The van der Waals surface area contributed by atoms with Gasteiger partial charge in [-0.05, 0) is 24.0 Å². The molecule has 0 spiro atoms. The molecule has 0 aliphatic heterocycles. The summed E-state index contributed by atoms with van der Waals surface area (Å²) in [6.07, 6.45) is 0.579. The van der Waals surface area contributed by atoms with Gasteiger partial charge in [0.05, 0.1) is 38.9 Å². The number of thioether (sulfide) groups is 2. The molecule has 0 bridgehead atoms. The van der Waals surface area contributed by atoms with Gasteiger partial charge in [0.15, 0.2) is 0 Å². The maximum Gasteiger partial charge on any atom is 0.366 e. The number of carbonyl (C=O) groups excluding carboxylic acids is 4. The van der Waals surface area contributed by atoms with Gasteiger partial charge < -0.3 is 18.9 Å². The SMILES string of the molecule is COC(=O)C(=NOS(=O)(=O)Cc1ccccc1)SCC(=O)OCCCCOC(=O)CSC(=NOS(=O)(=O)Cc1ccccc1)C(=O)OC. The Morgan fingerprint density at radius 2 is 0.958 bits per heavy atom. The van der Waals surface area contributed by atoms with E-state index in [0.29, 0.717) is 34.7 Å². The van der Waals surface area contributed by atoms with Gasteiger partial charge in [0.25, 0.3) is 0 Å². The van der Waals surface area contributed by atoms with Crippen LogP contribution in [0.2, 0.25) is 0 Å². The lowest BCUT2D eigenvalue weighted by Gasteiger charge is -2.07. The van der Waals surface area contributed by atoms with Crippen molar-refractivity contribution in [3.05, 3.63) is 71.8 Å². The number of methoxy groups -OCH3 is 2. The predicted molar refractivity (Wildman–Crippen MR) is 175 cm³/mol. The van der Waals surface area contributed by atoms with Gasteiger partial charge in [-0.15, -0.1) is 0 Å². The Kier molecular flexibility index (Phi) is 17.5. The second-order valence-electron chi connectivity index (χ2n) is 9.03. The molecular weight excluding hydrogens is 717 g/mol. The summed E-state index contributed by atoms with van der Waals surface area (Å²) in [7, 11) is -6.29. The molecule has 2 aromatic rings. The van der Waals surface area contributed by atoms with Gasteiger partial charge in [0.2, 0.25) is 10.1 Å². The van der Waals surface area contributed by atoms with Crippen LogP contribution < -0.4 is 0 Å². The summed E-state index contributed by atoms with van der Waals surface area (Å²) in [5.74, 6) is -5.35. The van der Waals surface area contributed by atoms with Crippen molar-refractivity contribution in [2.75, 3.05) is 38.9 Å². The molecule has 0 saturated carbocycles. The molecule has 0 heterocycles. The molecule has 0 unspecified atom stereocenters. The fourth-order valence-electron chi connectivity index (χ4n) is 3.12. The summed E-state index contributed by atoms with van der Waals surface area (Å²) in [6.45, 7) is -0.126. The smallest absolute Gasteiger partial charge is 0.366 e. The lowest BCUT2D eigenvalue weighted by Crippen LogP contribution is -2.18. The Morgan fingerprint density at radius 3 is 1.29 bits per heavy atom. The van der Waals surface area contributed by atoms with Crippen LogP contribution in [0.3, 0.4) is 0 Å². The van der Waals surface area contributed by atoms with Crippen LogP contribution in [0.1, 0.15) is 24.0 Å². The first kappa shape index (κ1) is 40.0. The molecule has 2 rings (SSSR count). The Bertz CT molecular complexity index is 1530. The zero-order valence-corrected chi connectivity index (χ0v) is 28.9. The second-order valence-corrected chi connectivity index (χ2v) is 14.1. The number of oxime groups is 2. The highest BCUT2D eigenvalue weighted by molar-refractivity contribution is 8.16. The summed E-state index contributed by atoms with van der Waals surface area (Å²) >= 11 is 1.11. The number of esters is 4. The first-order valence-electron chi connectivity index (χ1n) is 13.6. The van der Waals surface area contributed by atoms with Gasteiger partial charge >= 0.3 is 44.1 Å². The van der Waals surface area contributed by atoms with E-state index in [4.69, 9.17) is 9.47 Å². The van der Waals surface area contributed by atoms with Gasteiger partial charge in [-0.25, -0.2) is 9.59 Å². The lowest BCUT2D eigenvalue weighted by molar-refractivity contribution is -0.142. The highest BCUT2D eigenvalue weighted by Gasteiger charge is 2.21. The molecule has 0 fully saturated rings. The second kappa shape index (κ2) is 21.0. The zero-order valence-electron chi connectivity index (χ0n) is 25.7. The Balaban J connectivity index is 1.70. The molecule has 0 aliphatic rings. The van der Waals surface area contributed by atoms with E-state index in [1.54, 1.807) is 60.7 Å². The van der Waals surface area contributed by atoms with Crippen LogP contribution in [-0.2, 0) is 78.4 Å². The Labute approximate surface area is 285 Å². The minimum absolute atomic E-state index is 0.0632. The number of hydrogen-bond donors (Lipinski definition) is 0. The fraction of sp³-hybridized carbons (Fsp3) is 0.357. The number of benzene rings is 2. The molecule has 0 amide bonds. The average molecular weight is 749 g/mol. The van der Waals surface area contributed by atoms with Crippen molar-refractivity contribution in [3.8, 4) is 0 Å². The number of carbonyl (C=O) groups is 4. The van der Waals surface area contributed by atoms with E-state index in [0.717, 1.165) is 14.2 Å². The third-order valence-electron chi connectivity index (χ3n) is 5.28. The van der Waals surface area contributed by atoms with Crippen molar-refractivity contribution in [3.63, 3.8) is 0 Å². The number of ether oxygens (including phenoxy) is 4. The topological polar surface area (TPSA) is 217 Å². The molecule has 0 radical (unpaired) electrons. The van der Waals surface area contributed by atoms with Gasteiger partial charge in [0.1, 0.15) is 11.5 Å². The van der Waals surface area contributed by atoms with E-state index in [9.17, 15) is 36.0 Å². The highest BCUT2D eigenvalue weighted by Crippen LogP contribution is 2.14. The largest absolute Gasteiger partial charge is 0.465 e. The van der Waals surface area contributed by atoms with Crippen LogP contribution in [0.5, 0.6) is 0 Å². The normalized spacial score (nSPS) is 12.0.